The number of halogens is 1. The van der Waals surface area contributed by atoms with Crippen molar-refractivity contribution in [3.63, 3.8) is 0 Å². The van der Waals surface area contributed by atoms with Gasteiger partial charge in [-0.25, -0.2) is 0 Å². The molecule has 0 heterocycles. The van der Waals surface area contributed by atoms with Crippen molar-refractivity contribution in [1.29, 1.82) is 0 Å². The van der Waals surface area contributed by atoms with Crippen LogP contribution in [0.5, 0.6) is 5.75 Å². The van der Waals surface area contributed by atoms with Crippen molar-refractivity contribution in [1.82, 2.24) is 0 Å². The normalized spacial score (nSPS) is 11.6. The summed E-state index contributed by atoms with van der Waals surface area (Å²) in [5, 5.41) is 10.6. The molecule has 1 aromatic rings. The van der Waals surface area contributed by atoms with Gasteiger partial charge in [-0.2, -0.15) is 0 Å². The predicted molar refractivity (Wildman–Crippen MR) is 58.0 cm³/mol. The molecular formula is C11H15ClO2. The van der Waals surface area contributed by atoms with E-state index in [0.29, 0.717) is 10.8 Å². The smallest absolute Gasteiger partial charge is 0.125 e. The summed E-state index contributed by atoms with van der Waals surface area (Å²) in [6.07, 6.45) is 0. The van der Waals surface area contributed by atoms with E-state index in [4.69, 9.17) is 16.3 Å². The van der Waals surface area contributed by atoms with Gasteiger partial charge in [-0.05, 0) is 38.5 Å². The molecule has 0 radical (unpaired) electrons. The second kappa shape index (κ2) is 3.79. The van der Waals surface area contributed by atoms with Crippen molar-refractivity contribution >= 4 is 11.6 Å². The van der Waals surface area contributed by atoms with E-state index in [0.717, 1.165) is 11.1 Å². The monoisotopic (exact) mass is 214 g/mol. The van der Waals surface area contributed by atoms with Crippen LogP contribution in [0.3, 0.4) is 0 Å². The van der Waals surface area contributed by atoms with Gasteiger partial charge in [0, 0.05) is 10.6 Å². The molecule has 0 aliphatic rings. The third-order valence-electron chi connectivity index (χ3n) is 2.19. The summed E-state index contributed by atoms with van der Waals surface area (Å²) >= 11 is 5.98. The molecule has 0 aliphatic heterocycles. The Balaban J connectivity index is 3.44. The minimum atomic E-state index is -0.944. The molecule has 0 fully saturated rings. The van der Waals surface area contributed by atoms with Crippen LogP contribution < -0.4 is 4.74 Å². The van der Waals surface area contributed by atoms with Crippen LogP contribution in [0.4, 0.5) is 0 Å². The van der Waals surface area contributed by atoms with Gasteiger partial charge in [-0.1, -0.05) is 11.6 Å². The summed E-state index contributed by atoms with van der Waals surface area (Å²) in [5.41, 5.74) is 0.659. The highest BCUT2D eigenvalue weighted by Gasteiger charge is 2.24. The van der Waals surface area contributed by atoms with E-state index in [1.165, 1.54) is 0 Å². The first-order valence-corrected chi connectivity index (χ1v) is 4.81. The molecule has 2 nitrogen and oxygen atoms in total. The SMILES string of the molecule is COc1ccc(Cl)c(C)c1C(C)(C)O. The molecule has 0 amide bonds. The summed E-state index contributed by atoms with van der Waals surface area (Å²) in [6, 6.07) is 3.54. The Morgan fingerprint density at radius 1 is 1.36 bits per heavy atom. The molecular weight excluding hydrogens is 200 g/mol. The lowest BCUT2D eigenvalue weighted by Gasteiger charge is -2.23. The zero-order valence-electron chi connectivity index (χ0n) is 8.89. The molecule has 78 valence electrons. The number of aliphatic hydroxyl groups is 1. The second-order valence-corrected chi connectivity index (χ2v) is 4.22. The Hall–Kier alpha value is -0.730. The van der Waals surface area contributed by atoms with Crippen LogP contribution in [-0.2, 0) is 5.60 Å². The van der Waals surface area contributed by atoms with Crippen molar-refractivity contribution in [2.75, 3.05) is 7.11 Å². The van der Waals surface area contributed by atoms with Crippen molar-refractivity contribution in [3.05, 3.63) is 28.3 Å². The molecule has 1 N–H and O–H groups in total. The Kier molecular flexibility index (Phi) is 3.07. The Bertz CT molecular complexity index is 340. The fourth-order valence-electron chi connectivity index (χ4n) is 1.59. The average Bonchev–Trinajstić information content (AvgIpc) is 2.07. The molecule has 1 rings (SSSR count). The van der Waals surface area contributed by atoms with Gasteiger partial charge in [0.1, 0.15) is 5.75 Å². The summed E-state index contributed by atoms with van der Waals surface area (Å²) in [4.78, 5) is 0. The summed E-state index contributed by atoms with van der Waals surface area (Å²) in [6.45, 7) is 5.31. The minimum absolute atomic E-state index is 0.642. The van der Waals surface area contributed by atoms with E-state index in [-0.39, 0.29) is 0 Å². The third-order valence-corrected chi connectivity index (χ3v) is 2.60. The van der Waals surface area contributed by atoms with Crippen LogP contribution in [0.1, 0.15) is 25.0 Å². The van der Waals surface area contributed by atoms with Crippen molar-refractivity contribution in [3.8, 4) is 5.75 Å². The number of ether oxygens (including phenoxy) is 1. The molecule has 0 aliphatic carbocycles. The van der Waals surface area contributed by atoms with Gasteiger partial charge >= 0.3 is 0 Å². The predicted octanol–water partition coefficient (Wildman–Crippen LogP) is 2.88. The van der Waals surface area contributed by atoms with Crippen LogP contribution in [0.2, 0.25) is 5.02 Å². The summed E-state index contributed by atoms with van der Waals surface area (Å²) in [5.74, 6) is 0.666. The summed E-state index contributed by atoms with van der Waals surface area (Å²) < 4.78 is 5.19. The van der Waals surface area contributed by atoms with Gasteiger partial charge in [0.15, 0.2) is 0 Å². The molecule has 0 atom stereocenters. The van der Waals surface area contributed by atoms with Crippen LogP contribution in [-0.4, -0.2) is 12.2 Å². The van der Waals surface area contributed by atoms with Gasteiger partial charge < -0.3 is 9.84 Å². The van der Waals surface area contributed by atoms with Crippen molar-refractivity contribution < 1.29 is 9.84 Å². The standard InChI is InChI=1S/C11H15ClO2/c1-7-8(12)5-6-9(14-4)10(7)11(2,3)13/h5-6,13H,1-4H3. The maximum atomic E-state index is 9.97. The topological polar surface area (TPSA) is 29.5 Å². The Labute approximate surface area is 89.5 Å². The summed E-state index contributed by atoms with van der Waals surface area (Å²) in [7, 11) is 1.58. The maximum Gasteiger partial charge on any atom is 0.125 e. The quantitative estimate of drug-likeness (QED) is 0.821. The highest BCUT2D eigenvalue weighted by atomic mass is 35.5. The largest absolute Gasteiger partial charge is 0.496 e. The first-order chi connectivity index (χ1) is 6.38. The van der Waals surface area contributed by atoms with E-state index in [2.05, 4.69) is 0 Å². The minimum Gasteiger partial charge on any atom is -0.496 e. The fourth-order valence-corrected chi connectivity index (χ4v) is 1.75. The molecule has 0 aromatic heterocycles. The van der Waals surface area contributed by atoms with Crippen molar-refractivity contribution in [2.24, 2.45) is 0 Å². The van der Waals surface area contributed by atoms with Gasteiger partial charge in [0.25, 0.3) is 0 Å². The molecule has 14 heavy (non-hydrogen) atoms. The van der Waals surface area contributed by atoms with Crippen molar-refractivity contribution in [2.45, 2.75) is 26.4 Å². The highest BCUT2D eigenvalue weighted by molar-refractivity contribution is 6.31. The maximum absolute atomic E-state index is 9.97. The van der Waals surface area contributed by atoms with E-state index in [1.807, 2.05) is 6.92 Å². The molecule has 0 saturated heterocycles. The van der Waals surface area contributed by atoms with E-state index < -0.39 is 5.60 Å². The van der Waals surface area contributed by atoms with E-state index >= 15 is 0 Å². The third kappa shape index (κ3) is 2.02. The van der Waals surface area contributed by atoms with E-state index in [1.54, 1.807) is 33.1 Å². The molecule has 0 bridgehead atoms. The number of benzene rings is 1. The first-order valence-electron chi connectivity index (χ1n) is 4.44. The second-order valence-electron chi connectivity index (χ2n) is 3.81. The number of hydrogen-bond donors (Lipinski definition) is 1. The molecule has 1 aromatic carbocycles. The zero-order valence-corrected chi connectivity index (χ0v) is 9.64. The van der Waals surface area contributed by atoms with Crippen LogP contribution in [0.15, 0.2) is 12.1 Å². The van der Waals surface area contributed by atoms with Crippen LogP contribution >= 0.6 is 11.6 Å². The van der Waals surface area contributed by atoms with Gasteiger partial charge in [-0.15, -0.1) is 0 Å². The molecule has 3 heteroatoms. The first kappa shape index (κ1) is 11.3. The Morgan fingerprint density at radius 3 is 2.36 bits per heavy atom. The van der Waals surface area contributed by atoms with E-state index in [9.17, 15) is 5.11 Å². The van der Waals surface area contributed by atoms with Gasteiger partial charge in [0.05, 0.1) is 12.7 Å². The molecule has 0 spiro atoms. The van der Waals surface area contributed by atoms with Crippen LogP contribution in [0.25, 0.3) is 0 Å². The average molecular weight is 215 g/mol. The van der Waals surface area contributed by atoms with Crippen LogP contribution in [0, 0.1) is 6.92 Å². The lowest BCUT2D eigenvalue weighted by atomic mass is 9.93. The lowest BCUT2D eigenvalue weighted by molar-refractivity contribution is 0.0749. The fraction of sp³-hybridized carbons (Fsp3) is 0.455. The molecule has 0 unspecified atom stereocenters. The highest BCUT2D eigenvalue weighted by Crippen LogP contribution is 2.35. The lowest BCUT2D eigenvalue weighted by Crippen LogP contribution is -2.18. The van der Waals surface area contributed by atoms with Gasteiger partial charge in [0.2, 0.25) is 0 Å². The van der Waals surface area contributed by atoms with Gasteiger partial charge in [-0.3, -0.25) is 0 Å². The number of hydrogen-bond acceptors (Lipinski definition) is 2. The number of methoxy groups -OCH3 is 1. The Morgan fingerprint density at radius 2 is 1.93 bits per heavy atom. The number of rotatable bonds is 2. The zero-order chi connectivity index (χ0) is 10.9. The molecule has 0 saturated carbocycles.